The average molecular weight is 456 g/mol. The standard InChI is InChI=1S/C23H29N5O3S/c1-5-31-19-11-9-17(10-12-19)21-14-25-23(28-22(21)26-16(2)15-30-3)27-18-7-6-8-20(13-18)32(4,24)29/h6-14,16,24H,5,15H2,1-4H3,(H2,25,26,27,28). The Morgan fingerprint density at radius 1 is 1.19 bits per heavy atom. The maximum Gasteiger partial charge on any atom is 0.229 e. The van der Waals surface area contributed by atoms with Crippen molar-refractivity contribution in [3.8, 4) is 16.9 Å². The SMILES string of the molecule is CCOc1ccc(-c2cnc(Nc3cccc(S(C)(=N)=O)c3)nc2NC(C)COC)cc1. The third-order valence-electron chi connectivity index (χ3n) is 4.60. The Labute approximate surface area is 189 Å². The number of hydrogen-bond donors (Lipinski definition) is 3. The van der Waals surface area contributed by atoms with Crippen LogP contribution in [0.1, 0.15) is 13.8 Å². The van der Waals surface area contributed by atoms with Crippen LogP contribution in [0.3, 0.4) is 0 Å². The van der Waals surface area contributed by atoms with E-state index < -0.39 is 9.73 Å². The van der Waals surface area contributed by atoms with E-state index in [4.69, 9.17) is 14.3 Å². The van der Waals surface area contributed by atoms with Gasteiger partial charge in [-0.2, -0.15) is 4.98 Å². The zero-order valence-electron chi connectivity index (χ0n) is 18.7. The molecule has 3 aromatic rings. The van der Waals surface area contributed by atoms with Crippen molar-refractivity contribution in [2.45, 2.75) is 24.8 Å². The molecule has 1 heterocycles. The Bertz CT molecular complexity index is 1150. The van der Waals surface area contributed by atoms with E-state index in [0.29, 0.717) is 35.6 Å². The fraction of sp³-hybridized carbons (Fsp3) is 0.304. The van der Waals surface area contributed by atoms with Crippen molar-refractivity contribution in [1.29, 1.82) is 4.78 Å². The van der Waals surface area contributed by atoms with Gasteiger partial charge in [0.25, 0.3) is 0 Å². The van der Waals surface area contributed by atoms with Crippen molar-refractivity contribution in [3.63, 3.8) is 0 Å². The summed E-state index contributed by atoms with van der Waals surface area (Å²) in [5.74, 6) is 1.85. The highest BCUT2D eigenvalue weighted by Crippen LogP contribution is 2.30. The number of anilines is 3. The van der Waals surface area contributed by atoms with Crippen LogP contribution in [0.15, 0.2) is 59.6 Å². The van der Waals surface area contributed by atoms with E-state index in [2.05, 4.69) is 20.6 Å². The van der Waals surface area contributed by atoms with E-state index >= 15 is 0 Å². The van der Waals surface area contributed by atoms with E-state index in [-0.39, 0.29) is 6.04 Å². The quantitative estimate of drug-likeness (QED) is 0.404. The maximum absolute atomic E-state index is 12.1. The van der Waals surface area contributed by atoms with E-state index in [1.54, 1.807) is 31.5 Å². The number of aromatic nitrogens is 2. The van der Waals surface area contributed by atoms with Crippen LogP contribution in [0.25, 0.3) is 11.1 Å². The summed E-state index contributed by atoms with van der Waals surface area (Å²) in [6, 6.07) is 14.7. The van der Waals surface area contributed by atoms with E-state index in [1.807, 2.05) is 44.2 Å². The molecule has 170 valence electrons. The van der Waals surface area contributed by atoms with Crippen molar-refractivity contribution in [1.82, 2.24) is 9.97 Å². The van der Waals surface area contributed by atoms with Gasteiger partial charge in [-0.3, -0.25) is 0 Å². The van der Waals surface area contributed by atoms with Crippen molar-refractivity contribution in [2.24, 2.45) is 0 Å². The molecule has 0 aliphatic heterocycles. The smallest absolute Gasteiger partial charge is 0.229 e. The van der Waals surface area contributed by atoms with Gasteiger partial charge in [-0.15, -0.1) is 0 Å². The first-order valence-corrected chi connectivity index (χ1v) is 12.2. The first-order valence-electron chi connectivity index (χ1n) is 10.3. The van der Waals surface area contributed by atoms with Gasteiger partial charge in [0.15, 0.2) is 0 Å². The molecule has 2 unspecified atom stereocenters. The number of methoxy groups -OCH3 is 1. The Morgan fingerprint density at radius 3 is 2.59 bits per heavy atom. The summed E-state index contributed by atoms with van der Waals surface area (Å²) in [7, 11) is -1.16. The number of hydrogen-bond acceptors (Lipinski definition) is 8. The fourth-order valence-electron chi connectivity index (χ4n) is 3.13. The van der Waals surface area contributed by atoms with E-state index in [1.165, 1.54) is 6.26 Å². The second kappa shape index (κ2) is 10.4. The van der Waals surface area contributed by atoms with Crippen molar-refractivity contribution in [2.75, 3.05) is 37.2 Å². The van der Waals surface area contributed by atoms with E-state index in [0.717, 1.165) is 16.9 Å². The monoisotopic (exact) mass is 455 g/mol. The summed E-state index contributed by atoms with van der Waals surface area (Å²) in [5.41, 5.74) is 2.46. The lowest BCUT2D eigenvalue weighted by atomic mass is 10.1. The summed E-state index contributed by atoms with van der Waals surface area (Å²) in [4.78, 5) is 9.60. The van der Waals surface area contributed by atoms with Gasteiger partial charge >= 0.3 is 0 Å². The molecule has 3 rings (SSSR count). The van der Waals surface area contributed by atoms with Crippen molar-refractivity contribution in [3.05, 3.63) is 54.7 Å². The molecule has 0 fully saturated rings. The molecule has 32 heavy (non-hydrogen) atoms. The molecule has 0 amide bonds. The van der Waals surface area contributed by atoms with Crippen LogP contribution in [-0.2, 0) is 14.5 Å². The largest absolute Gasteiger partial charge is 0.494 e. The topological polar surface area (TPSA) is 109 Å². The molecule has 0 bridgehead atoms. The molecule has 0 saturated heterocycles. The number of ether oxygens (including phenoxy) is 2. The second-order valence-electron chi connectivity index (χ2n) is 7.41. The molecule has 3 N–H and O–H groups in total. The Kier molecular flexibility index (Phi) is 7.66. The molecule has 0 radical (unpaired) electrons. The Hall–Kier alpha value is -3.17. The van der Waals surface area contributed by atoms with Gasteiger partial charge in [-0.1, -0.05) is 18.2 Å². The number of rotatable bonds is 10. The van der Waals surface area contributed by atoms with Gasteiger partial charge < -0.3 is 20.1 Å². The van der Waals surface area contributed by atoms with Crippen LogP contribution in [0.4, 0.5) is 17.5 Å². The van der Waals surface area contributed by atoms with Gasteiger partial charge in [0, 0.05) is 41.8 Å². The average Bonchev–Trinajstić information content (AvgIpc) is 2.75. The highest BCUT2D eigenvalue weighted by molar-refractivity contribution is 7.91. The molecule has 1 aromatic heterocycles. The Morgan fingerprint density at radius 2 is 1.94 bits per heavy atom. The van der Waals surface area contributed by atoms with Gasteiger partial charge in [0.2, 0.25) is 5.95 Å². The van der Waals surface area contributed by atoms with Crippen molar-refractivity contribution < 1.29 is 13.7 Å². The van der Waals surface area contributed by atoms with Gasteiger partial charge in [0.05, 0.1) is 22.9 Å². The minimum Gasteiger partial charge on any atom is -0.494 e. The van der Waals surface area contributed by atoms with Crippen LogP contribution in [0, 0.1) is 4.78 Å². The molecule has 0 saturated carbocycles. The zero-order valence-corrected chi connectivity index (χ0v) is 19.5. The van der Waals surface area contributed by atoms with Crippen LogP contribution in [0.5, 0.6) is 5.75 Å². The minimum atomic E-state index is -2.82. The molecule has 0 aliphatic carbocycles. The highest BCUT2D eigenvalue weighted by atomic mass is 32.2. The molecule has 9 heteroatoms. The van der Waals surface area contributed by atoms with E-state index in [9.17, 15) is 4.21 Å². The molecule has 2 aromatic carbocycles. The molecular formula is C23H29N5O3S. The summed E-state index contributed by atoms with van der Waals surface area (Å²) >= 11 is 0. The lowest BCUT2D eigenvalue weighted by Gasteiger charge is -2.18. The van der Waals surface area contributed by atoms with Crippen LogP contribution < -0.4 is 15.4 Å². The normalized spacial score (nSPS) is 13.8. The fourth-order valence-corrected chi connectivity index (χ4v) is 3.82. The predicted molar refractivity (Wildman–Crippen MR) is 128 cm³/mol. The molecular weight excluding hydrogens is 426 g/mol. The van der Waals surface area contributed by atoms with Gasteiger partial charge in [-0.05, 0) is 49.7 Å². The van der Waals surface area contributed by atoms with Crippen LogP contribution in [-0.4, -0.2) is 46.8 Å². The number of nitrogens with zero attached hydrogens (tertiary/aromatic N) is 2. The predicted octanol–water partition coefficient (Wildman–Crippen LogP) is 4.77. The number of benzene rings is 2. The minimum absolute atomic E-state index is 0.0283. The Balaban J connectivity index is 1.94. The molecule has 0 aliphatic rings. The number of nitrogens with one attached hydrogen (secondary N) is 3. The first-order chi connectivity index (χ1) is 15.3. The lowest BCUT2D eigenvalue weighted by molar-refractivity contribution is 0.190. The van der Waals surface area contributed by atoms with Gasteiger partial charge in [0.1, 0.15) is 11.6 Å². The maximum atomic E-state index is 12.1. The molecule has 0 spiro atoms. The third-order valence-corrected chi connectivity index (χ3v) is 5.76. The molecule has 8 nitrogen and oxygen atoms in total. The lowest BCUT2D eigenvalue weighted by Crippen LogP contribution is -2.22. The summed E-state index contributed by atoms with van der Waals surface area (Å²) in [5, 5.41) is 6.53. The first kappa shape index (κ1) is 23.5. The second-order valence-corrected chi connectivity index (χ2v) is 9.57. The summed E-state index contributed by atoms with van der Waals surface area (Å²) in [6.45, 7) is 5.09. The third kappa shape index (κ3) is 6.18. The highest BCUT2D eigenvalue weighted by Gasteiger charge is 2.13. The molecule has 2 atom stereocenters. The van der Waals surface area contributed by atoms with Crippen LogP contribution in [0.2, 0.25) is 0 Å². The van der Waals surface area contributed by atoms with Crippen LogP contribution >= 0.6 is 0 Å². The van der Waals surface area contributed by atoms with Crippen molar-refractivity contribution >= 4 is 27.2 Å². The van der Waals surface area contributed by atoms with Gasteiger partial charge in [-0.25, -0.2) is 14.0 Å². The zero-order chi connectivity index (χ0) is 23.1. The summed E-state index contributed by atoms with van der Waals surface area (Å²) in [6.07, 6.45) is 3.15. The summed E-state index contributed by atoms with van der Waals surface area (Å²) < 4.78 is 30.7.